The molecule has 0 radical (unpaired) electrons. The van der Waals surface area contributed by atoms with Crippen molar-refractivity contribution in [2.45, 2.75) is 6.42 Å². The van der Waals surface area contributed by atoms with Crippen LogP contribution in [0.3, 0.4) is 0 Å². The summed E-state index contributed by atoms with van der Waals surface area (Å²) in [5.41, 5.74) is 1.31. The summed E-state index contributed by atoms with van der Waals surface area (Å²) in [5.74, 6) is -0.294. The summed E-state index contributed by atoms with van der Waals surface area (Å²) in [5, 5.41) is 4.11. The second-order valence-electron chi connectivity index (χ2n) is 6.69. The molecule has 0 unspecified atom stereocenters. The van der Waals surface area contributed by atoms with E-state index >= 15 is 0 Å². The first-order valence-electron chi connectivity index (χ1n) is 8.79. The minimum absolute atomic E-state index is 0.147. The number of carbonyl (C=O) groups is 2. The molecule has 4 rings (SSSR count). The molecule has 2 heterocycles. The van der Waals surface area contributed by atoms with E-state index in [9.17, 15) is 9.59 Å². The van der Waals surface area contributed by atoms with Gasteiger partial charge in [-0.15, -0.1) is 0 Å². The predicted molar refractivity (Wildman–Crippen MR) is 91.2 cm³/mol. The first-order chi connectivity index (χ1) is 11.8. The van der Waals surface area contributed by atoms with Crippen LogP contribution in [0.4, 0.5) is 0 Å². The van der Waals surface area contributed by atoms with E-state index in [0.29, 0.717) is 17.7 Å². The van der Waals surface area contributed by atoms with Crippen LogP contribution >= 0.6 is 0 Å². The zero-order valence-electron chi connectivity index (χ0n) is 13.8. The van der Waals surface area contributed by atoms with Crippen molar-refractivity contribution in [3.05, 3.63) is 47.5 Å². The van der Waals surface area contributed by atoms with Gasteiger partial charge >= 0.3 is 0 Å². The highest BCUT2D eigenvalue weighted by Crippen LogP contribution is 2.29. The van der Waals surface area contributed by atoms with Gasteiger partial charge in [-0.2, -0.15) is 0 Å². The molecule has 0 bridgehead atoms. The standard InChI is InChI=1S/C19H21N3O2/c23-18-15-6-1-4-14-5-2-7-16(17(14)15)19(24)22(18)11-3-10-21-12-8-20-9-13-21/h1-2,4-7,20H,3,8-13H2/p+2. The van der Waals surface area contributed by atoms with Crippen LogP contribution in [0.15, 0.2) is 36.4 Å². The van der Waals surface area contributed by atoms with Crippen molar-refractivity contribution in [3.63, 3.8) is 0 Å². The molecule has 0 aliphatic carbocycles. The Morgan fingerprint density at radius 1 is 0.958 bits per heavy atom. The van der Waals surface area contributed by atoms with Crippen molar-refractivity contribution in [2.24, 2.45) is 0 Å². The lowest BCUT2D eigenvalue weighted by Crippen LogP contribution is -3.20. The number of benzene rings is 2. The molecular formula is C19H23N3O2+2. The lowest BCUT2D eigenvalue weighted by molar-refractivity contribution is -0.946. The molecule has 2 aromatic carbocycles. The highest BCUT2D eigenvalue weighted by atomic mass is 16.2. The molecule has 2 aliphatic rings. The largest absolute Gasteiger partial charge is 0.337 e. The van der Waals surface area contributed by atoms with Gasteiger partial charge in [0, 0.05) is 29.5 Å². The molecule has 1 saturated heterocycles. The molecule has 2 amide bonds. The van der Waals surface area contributed by atoms with E-state index in [-0.39, 0.29) is 11.8 Å². The van der Waals surface area contributed by atoms with Crippen molar-refractivity contribution < 1.29 is 19.8 Å². The molecule has 5 nitrogen and oxygen atoms in total. The number of hydrogen-bond acceptors (Lipinski definition) is 2. The Kier molecular flexibility index (Phi) is 4.04. The number of rotatable bonds is 4. The van der Waals surface area contributed by atoms with Gasteiger partial charge in [-0.25, -0.2) is 0 Å². The van der Waals surface area contributed by atoms with Crippen LogP contribution in [0.2, 0.25) is 0 Å². The van der Waals surface area contributed by atoms with Crippen LogP contribution in [0.25, 0.3) is 10.8 Å². The molecule has 0 saturated carbocycles. The van der Waals surface area contributed by atoms with Crippen LogP contribution in [-0.2, 0) is 0 Å². The van der Waals surface area contributed by atoms with Crippen molar-refractivity contribution in [3.8, 4) is 0 Å². The van der Waals surface area contributed by atoms with Crippen LogP contribution in [0.5, 0.6) is 0 Å². The third-order valence-corrected chi connectivity index (χ3v) is 5.17. The SMILES string of the molecule is O=C1c2cccc3cccc(c23)C(=O)N1CCC[NH+]1CC[NH2+]CC1. The Morgan fingerprint density at radius 2 is 1.58 bits per heavy atom. The van der Waals surface area contributed by atoms with Crippen molar-refractivity contribution in [1.82, 2.24) is 4.90 Å². The Balaban J connectivity index is 1.53. The number of nitrogens with two attached hydrogens (primary N) is 1. The van der Waals surface area contributed by atoms with E-state index in [1.165, 1.54) is 31.1 Å². The maximum atomic E-state index is 12.8. The second-order valence-corrected chi connectivity index (χ2v) is 6.69. The molecule has 5 heteroatoms. The zero-order valence-corrected chi connectivity index (χ0v) is 13.8. The fourth-order valence-electron chi connectivity index (χ4n) is 3.90. The number of carbonyl (C=O) groups excluding carboxylic acids is 2. The summed E-state index contributed by atoms with van der Waals surface area (Å²) in [6.07, 6.45) is 0.866. The van der Waals surface area contributed by atoms with E-state index in [4.69, 9.17) is 0 Å². The van der Waals surface area contributed by atoms with Gasteiger partial charge in [0.25, 0.3) is 11.8 Å². The Labute approximate surface area is 141 Å². The number of imide groups is 1. The fraction of sp³-hybridized carbons (Fsp3) is 0.368. The van der Waals surface area contributed by atoms with Gasteiger partial charge in [-0.1, -0.05) is 24.3 Å². The van der Waals surface area contributed by atoms with E-state index < -0.39 is 0 Å². The maximum Gasteiger partial charge on any atom is 0.261 e. The van der Waals surface area contributed by atoms with Gasteiger partial charge in [-0.3, -0.25) is 14.5 Å². The van der Waals surface area contributed by atoms with E-state index in [1.807, 2.05) is 36.4 Å². The third-order valence-electron chi connectivity index (χ3n) is 5.17. The normalized spacial score (nSPS) is 18.4. The molecule has 2 aromatic rings. The number of piperazine rings is 1. The molecule has 0 aromatic heterocycles. The van der Waals surface area contributed by atoms with Crippen molar-refractivity contribution in [1.29, 1.82) is 0 Å². The van der Waals surface area contributed by atoms with Crippen molar-refractivity contribution >= 4 is 22.6 Å². The Bertz CT molecular complexity index is 746. The highest BCUT2D eigenvalue weighted by Gasteiger charge is 2.32. The number of quaternary nitrogens is 2. The summed E-state index contributed by atoms with van der Waals surface area (Å²) in [6, 6.07) is 11.4. The molecule has 124 valence electrons. The molecule has 2 aliphatic heterocycles. The summed E-state index contributed by atoms with van der Waals surface area (Å²) in [6.45, 7) is 6.22. The van der Waals surface area contributed by atoms with Gasteiger partial charge in [0.1, 0.15) is 26.2 Å². The van der Waals surface area contributed by atoms with Crippen LogP contribution in [-0.4, -0.2) is 56.0 Å². The smallest absolute Gasteiger partial charge is 0.261 e. The fourth-order valence-corrected chi connectivity index (χ4v) is 3.90. The van der Waals surface area contributed by atoms with Gasteiger partial charge in [0.15, 0.2) is 0 Å². The average Bonchev–Trinajstić information content (AvgIpc) is 2.63. The molecule has 24 heavy (non-hydrogen) atoms. The lowest BCUT2D eigenvalue weighted by atomic mass is 9.94. The van der Waals surface area contributed by atoms with Gasteiger partial charge in [0.2, 0.25) is 0 Å². The summed E-state index contributed by atoms with van der Waals surface area (Å²) in [4.78, 5) is 28.6. The van der Waals surface area contributed by atoms with Crippen molar-refractivity contribution in [2.75, 3.05) is 39.3 Å². The third kappa shape index (κ3) is 2.60. The number of hydrogen-bond donors (Lipinski definition) is 2. The average molecular weight is 325 g/mol. The van der Waals surface area contributed by atoms with Crippen LogP contribution in [0, 0.1) is 0 Å². The first-order valence-corrected chi connectivity index (χ1v) is 8.79. The zero-order chi connectivity index (χ0) is 16.5. The molecule has 0 atom stereocenters. The number of nitrogens with one attached hydrogen (secondary N) is 1. The van der Waals surface area contributed by atoms with Gasteiger partial charge in [-0.05, 0) is 17.5 Å². The van der Waals surface area contributed by atoms with Gasteiger partial charge in [0.05, 0.1) is 6.54 Å². The molecule has 0 spiro atoms. The quantitative estimate of drug-likeness (QED) is 0.730. The van der Waals surface area contributed by atoms with Crippen LogP contribution in [0.1, 0.15) is 27.1 Å². The van der Waals surface area contributed by atoms with E-state index in [1.54, 1.807) is 4.90 Å². The maximum absolute atomic E-state index is 12.8. The highest BCUT2D eigenvalue weighted by molar-refractivity contribution is 6.25. The minimum Gasteiger partial charge on any atom is -0.337 e. The summed E-state index contributed by atoms with van der Waals surface area (Å²) < 4.78 is 0. The number of amides is 2. The van der Waals surface area contributed by atoms with Gasteiger partial charge < -0.3 is 10.2 Å². The summed E-state index contributed by atoms with van der Waals surface area (Å²) >= 11 is 0. The second kappa shape index (κ2) is 6.34. The Hall–Kier alpha value is -2.24. The van der Waals surface area contributed by atoms with Crippen LogP contribution < -0.4 is 10.2 Å². The topological polar surface area (TPSA) is 58.4 Å². The molecule has 1 fully saturated rings. The monoisotopic (exact) mass is 325 g/mol. The van der Waals surface area contributed by atoms with E-state index in [0.717, 1.165) is 23.7 Å². The van der Waals surface area contributed by atoms with E-state index in [2.05, 4.69) is 5.32 Å². The number of nitrogens with zero attached hydrogens (tertiary/aromatic N) is 1. The Morgan fingerprint density at radius 3 is 2.21 bits per heavy atom. The lowest BCUT2D eigenvalue weighted by Gasteiger charge is -2.28. The summed E-state index contributed by atoms with van der Waals surface area (Å²) in [7, 11) is 0. The molecular weight excluding hydrogens is 302 g/mol. The molecule has 3 N–H and O–H groups in total. The first kappa shape index (κ1) is 15.3. The minimum atomic E-state index is -0.147. The predicted octanol–water partition coefficient (Wildman–Crippen LogP) is -0.712.